The van der Waals surface area contributed by atoms with Gasteiger partial charge in [-0.2, -0.15) is 0 Å². The molecule has 0 aromatic carbocycles. The lowest BCUT2D eigenvalue weighted by atomic mass is 11.0. The minimum absolute atomic E-state index is 1.32. The van der Waals surface area contributed by atoms with Crippen LogP contribution in [0.15, 0.2) is 0 Å². The van der Waals surface area contributed by atoms with E-state index in [2.05, 4.69) is 49.2 Å². The van der Waals surface area contributed by atoms with Crippen LogP contribution in [0.5, 0.6) is 0 Å². The van der Waals surface area contributed by atoms with E-state index < -0.39 is 0 Å². The van der Waals surface area contributed by atoms with E-state index in [1.54, 1.807) is 0 Å². The molecule has 3 heteroatoms. The van der Waals surface area contributed by atoms with Crippen LogP contribution < -0.4 is 0 Å². The van der Waals surface area contributed by atoms with Crippen molar-refractivity contribution in [3.05, 3.63) is 0 Å². The molecule has 0 unspecified atom stereocenters. The van der Waals surface area contributed by atoms with Crippen molar-refractivity contribution in [3.63, 3.8) is 0 Å². The molecule has 1 nitrogen and oxygen atoms in total. The quantitative estimate of drug-likeness (QED) is 0.486. The lowest BCUT2D eigenvalue weighted by Gasteiger charge is -1.66. The Labute approximate surface area is 61.8 Å². The molecule has 0 N–H and O–H groups in total. The van der Waals surface area contributed by atoms with Gasteiger partial charge in [0.2, 0.25) is 0 Å². The fourth-order valence-corrected chi connectivity index (χ4v) is 0.1000. The highest BCUT2D eigenvalue weighted by molar-refractivity contribution is 15.0. The molecule has 0 amide bonds. The van der Waals surface area contributed by atoms with E-state index in [0.717, 1.165) is 0 Å². The highest BCUT2D eigenvalue weighted by Gasteiger charge is 2.07. The zero-order valence-electron chi connectivity index (χ0n) is 3.62. The maximum absolute atomic E-state index is 2.25. The van der Waals surface area contributed by atoms with Gasteiger partial charge in [-0.25, -0.2) is 0 Å². The first-order chi connectivity index (χ1) is 2.89. The smallest absolute Gasteiger partial charge is 0.0107 e. The number of likely N-dealkylation sites (N-methyl/N-ethyl adjacent to an activating group) is 1. The van der Waals surface area contributed by atoms with Crippen LogP contribution in [0.1, 0.15) is 0 Å². The predicted octanol–water partition coefficient (Wildman–Crippen LogP) is 1.70. The van der Waals surface area contributed by atoms with Gasteiger partial charge in [0, 0.05) is 50.3 Å². The van der Waals surface area contributed by atoms with E-state index in [4.69, 9.17) is 0 Å². The molecule has 6 heavy (non-hydrogen) atoms. The van der Waals surface area contributed by atoms with Gasteiger partial charge in [-0.3, -0.25) is 0 Å². The van der Waals surface area contributed by atoms with Gasteiger partial charge >= 0.3 is 0 Å². The summed E-state index contributed by atoms with van der Waals surface area (Å²) in [6.07, 6.45) is 0. The number of hydrogen-bond acceptors (Lipinski definition) is 1. The first-order valence-electron chi connectivity index (χ1n) is 1.72. The minimum Gasteiger partial charge on any atom is -0.304 e. The highest BCUT2D eigenvalue weighted by Crippen LogP contribution is 1.93. The lowest BCUT2D eigenvalue weighted by Crippen LogP contribution is -1.75. The van der Waals surface area contributed by atoms with Crippen LogP contribution >= 0.6 is 37.2 Å². The van der Waals surface area contributed by atoms with Gasteiger partial charge in [0.15, 0.2) is 0 Å². The molecular formula is C3H7I2N. The summed E-state index contributed by atoms with van der Waals surface area (Å²) in [5, 5.41) is 0. The Bertz CT molecular complexity index is 28.0. The zero-order chi connectivity index (χ0) is 4.99. The van der Waals surface area contributed by atoms with E-state index in [0.29, 0.717) is 0 Å². The second kappa shape index (κ2) is 4.58. The Morgan fingerprint density at radius 1 is 1.33 bits per heavy atom. The molecule has 0 radical (unpaired) electrons. The molecule has 1 aliphatic heterocycles. The van der Waals surface area contributed by atoms with Crippen molar-refractivity contribution in [2.24, 2.45) is 0 Å². The van der Waals surface area contributed by atoms with Crippen molar-refractivity contribution >= 4 is 37.2 Å². The third kappa shape index (κ3) is 5.42. The Morgan fingerprint density at radius 2 is 1.50 bits per heavy atom. The normalized spacial score (nSPS) is 18.5. The van der Waals surface area contributed by atoms with Gasteiger partial charge in [0.05, 0.1) is 0 Å². The molecule has 0 atom stereocenters. The standard InChI is InChI=1S/C3H7N.I2/c1-4-2-3-4;1-2/h2-3H2,1H3;. The summed E-state index contributed by atoms with van der Waals surface area (Å²) in [6, 6.07) is 0. The van der Waals surface area contributed by atoms with E-state index in [1.807, 2.05) is 0 Å². The molecule has 0 aliphatic carbocycles. The van der Waals surface area contributed by atoms with Crippen molar-refractivity contribution < 1.29 is 0 Å². The Kier molecular flexibility index (Phi) is 5.66. The SMILES string of the molecule is CN1CC1.II. The predicted molar refractivity (Wildman–Crippen MR) is 45.5 cm³/mol. The summed E-state index contributed by atoms with van der Waals surface area (Å²) < 4.78 is 0. The van der Waals surface area contributed by atoms with Crippen molar-refractivity contribution in [3.8, 4) is 0 Å². The zero-order valence-corrected chi connectivity index (χ0v) is 7.93. The molecular weight excluding hydrogens is 304 g/mol. The van der Waals surface area contributed by atoms with Gasteiger partial charge in [-0.15, -0.1) is 0 Å². The second-order valence-electron chi connectivity index (χ2n) is 1.30. The maximum atomic E-state index is 2.25. The molecule has 38 valence electrons. The lowest BCUT2D eigenvalue weighted by molar-refractivity contribution is 0.698. The third-order valence-electron chi connectivity index (χ3n) is 0.671. The number of rotatable bonds is 0. The molecule has 0 bridgehead atoms. The maximum Gasteiger partial charge on any atom is 0.0107 e. The van der Waals surface area contributed by atoms with Gasteiger partial charge < -0.3 is 4.90 Å². The number of halogens is 2. The molecule has 1 fully saturated rings. The van der Waals surface area contributed by atoms with E-state index in [9.17, 15) is 0 Å². The molecule has 1 aliphatic rings. The van der Waals surface area contributed by atoms with Gasteiger partial charge in [0.1, 0.15) is 0 Å². The molecule has 0 aromatic heterocycles. The minimum atomic E-state index is 1.32. The monoisotopic (exact) mass is 311 g/mol. The average Bonchev–Trinajstić information content (AvgIpc) is 2.30. The first-order valence-corrected chi connectivity index (χ1v) is 8.01. The summed E-state index contributed by atoms with van der Waals surface area (Å²) in [7, 11) is 2.11. The summed E-state index contributed by atoms with van der Waals surface area (Å²) in [6.45, 7) is 2.64. The van der Waals surface area contributed by atoms with Crippen LogP contribution in [0.25, 0.3) is 0 Å². The van der Waals surface area contributed by atoms with Crippen LogP contribution in [0.2, 0.25) is 0 Å². The molecule has 0 saturated carbocycles. The molecule has 0 spiro atoms. The number of nitrogens with zero attached hydrogens (tertiary/aromatic N) is 1. The average molecular weight is 311 g/mol. The molecule has 1 heterocycles. The first kappa shape index (κ1) is 7.42. The number of hydrogen-bond donors (Lipinski definition) is 0. The molecule has 1 saturated heterocycles. The van der Waals surface area contributed by atoms with Crippen LogP contribution in [0.4, 0.5) is 0 Å². The van der Waals surface area contributed by atoms with Crippen LogP contribution in [-0.4, -0.2) is 25.0 Å². The van der Waals surface area contributed by atoms with Crippen molar-refractivity contribution in [2.75, 3.05) is 20.1 Å². The second-order valence-corrected chi connectivity index (χ2v) is 1.30. The summed E-state index contributed by atoms with van der Waals surface area (Å²) in [5.74, 6) is 0. The highest BCUT2D eigenvalue weighted by atomic mass is 128. The van der Waals surface area contributed by atoms with Crippen LogP contribution in [0.3, 0.4) is 0 Å². The van der Waals surface area contributed by atoms with Gasteiger partial charge in [-0.1, -0.05) is 0 Å². The fourth-order valence-electron chi connectivity index (χ4n) is 0.1000. The Balaban J connectivity index is 0.000000112. The van der Waals surface area contributed by atoms with E-state index in [-0.39, 0.29) is 0 Å². The summed E-state index contributed by atoms with van der Waals surface area (Å²) >= 11 is 4.24. The molecule has 0 aromatic rings. The van der Waals surface area contributed by atoms with Gasteiger partial charge in [0.25, 0.3) is 0 Å². The van der Waals surface area contributed by atoms with Crippen molar-refractivity contribution in [1.29, 1.82) is 0 Å². The third-order valence-corrected chi connectivity index (χ3v) is 0.671. The Morgan fingerprint density at radius 3 is 1.50 bits per heavy atom. The Hall–Kier alpha value is 1.42. The van der Waals surface area contributed by atoms with Crippen molar-refractivity contribution in [2.45, 2.75) is 0 Å². The fraction of sp³-hybridized carbons (Fsp3) is 1.00. The van der Waals surface area contributed by atoms with Gasteiger partial charge in [-0.05, 0) is 7.05 Å². The topological polar surface area (TPSA) is 3.01 Å². The van der Waals surface area contributed by atoms with Crippen LogP contribution in [0, 0.1) is 0 Å². The molecule has 1 rings (SSSR count). The summed E-state index contributed by atoms with van der Waals surface area (Å²) in [4.78, 5) is 2.25. The largest absolute Gasteiger partial charge is 0.304 e. The van der Waals surface area contributed by atoms with Crippen molar-refractivity contribution in [1.82, 2.24) is 4.90 Å². The van der Waals surface area contributed by atoms with E-state index in [1.165, 1.54) is 13.1 Å². The van der Waals surface area contributed by atoms with Crippen LogP contribution in [-0.2, 0) is 0 Å². The van der Waals surface area contributed by atoms with E-state index >= 15 is 0 Å². The summed E-state index contributed by atoms with van der Waals surface area (Å²) in [5.41, 5.74) is 0.